The monoisotopic (exact) mass is 312 g/mol. The van der Waals surface area contributed by atoms with E-state index in [1.165, 1.54) is 25.3 Å². The molecule has 21 heavy (non-hydrogen) atoms. The van der Waals surface area contributed by atoms with E-state index in [4.69, 9.17) is 9.84 Å². The number of methoxy groups -OCH3 is 1. The zero-order valence-corrected chi connectivity index (χ0v) is 13.1. The van der Waals surface area contributed by atoms with Gasteiger partial charge in [0.05, 0.1) is 18.4 Å². The first-order chi connectivity index (χ1) is 9.97. The number of aromatic carboxylic acids is 1. The highest BCUT2D eigenvalue weighted by Gasteiger charge is 2.13. The minimum Gasteiger partial charge on any atom is -0.495 e. The molecule has 0 fully saturated rings. The predicted molar refractivity (Wildman–Crippen MR) is 84.6 cm³/mol. The molecule has 0 radical (unpaired) electrons. The van der Waals surface area contributed by atoms with E-state index in [0.717, 1.165) is 11.5 Å². The number of carboxylic acids is 1. The minimum absolute atomic E-state index is 0.0172. The van der Waals surface area contributed by atoms with Gasteiger partial charge < -0.3 is 20.5 Å². The first kappa shape index (κ1) is 17.2. The molecule has 0 saturated carbocycles. The first-order valence-electron chi connectivity index (χ1n) is 6.54. The Hall–Kier alpha value is -1.89. The van der Waals surface area contributed by atoms with Gasteiger partial charge in [0.25, 0.3) is 0 Å². The van der Waals surface area contributed by atoms with Crippen molar-refractivity contribution in [2.45, 2.75) is 19.9 Å². The molecule has 3 N–H and O–H groups in total. The average Bonchev–Trinajstić information content (AvgIpc) is 2.44. The molecule has 1 aromatic rings. The van der Waals surface area contributed by atoms with Crippen LogP contribution >= 0.6 is 11.8 Å². The Bertz CT molecular complexity index is 508. The number of urea groups is 1. The highest BCUT2D eigenvalue weighted by Crippen LogP contribution is 2.25. The van der Waals surface area contributed by atoms with Crippen LogP contribution in [0.5, 0.6) is 5.75 Å². The third-order valence-electron chi connectivity index (χ3n) is 2.64. The van der Waals surface area contributed by atoms with E-state index in [2.05, 4.69) is 17.6 Å². The molecule has 1 aromatic carbocycles. The van der Waals surface area contributed by atoms with E-state index in [-0.39, 0.29) is 17.6 Å². The summed E-state index contributed by atoms with van der Waals surface area (Å²) in [5, 5.41) is 14.4. The summed E-state index contributed by atoms with van der Waals surface area (Å²) in [4.78, 5) is 22.9. The standard InChI is InChI=1S/C14H20N2O4S/c1-4-21-8-9(2)15-14(19)16-11-7-10(13(17)18)5-6-12(11)20-3/h5-7,9H,4,8H2,1-3H3,(H,17,18)(H2,15,16,19). The van der Waals surface area contributed by atoms with Crippen LogP contribution in [0.2, 0.25) is 0 Å². The van der Waals surface area contributed by atoms with Gasteiger partial charge in [-0.2, -0.15) is 11.8 Å². The van der Waals surface area contributed by atoms with Crippen molar-refractivity contribution in [3.05, 3.63) is 23.8 Å². The molecule has 0 aliphatic rings. The summed E-state index contributed by atoms with van der Waals surface area (Å²) in [5.41, 5.74) is 0.408. The number of hydrogen-bond acceptors (Lipinski definition) is 4. The molecule has 1 rings (SSSR count). The molecule has 2 amide bonds. The second-order valence-corrected chi connectivity index (χ2v) is 5.70. The Labute approximate surface area is 128 Å². The van der Waals surface area contributed by atoms with E-state index in [1.807, 2.05) is 6.92 Å². The van der Waals surface area contributed by atoms with Crippen molar-refractivity contribution in [1.29, 1.82) is 0 Å². The lowest BCUT2D eigenvalue weighted by atomic mass is 10.2. The van der Waals surface area contributed by atoms with Gasteiger partial charge in [-0.3, -0.25) is 0 Å². The van der Waals surface area contributed by atoms with Crippen LogP contribution < -0.4 is 15.4 Å². The summed E-state index contributed by atoms with van der Waals surface area (Å²) in [7, 11) is 1.46. The van der Waals surface area contributed by atoms with Crippen LogP contribution in [0.25, 0.3) is 0 Å². The Morgan fingerprint density at radius 2 is 2.14 bits per heavy atom. The van der Waals surface area contributed by atoms with E-state index in [9.17, 15) is 9.59 Å². The zero-order valence-electron chi connectivity index (χ0n) is 12.3. The number of benzene rings is 1. The van der Waals surface area contributed by atoms with E-state index in [1.54, 1.807) is 11.8 Å². The summed E-state index contributed by atoms with van der Waals surface area (Å²) in [5.74, 6) is 1.15. The predicted octanol–water partition coefficient (Wildman–Crippen LogP) is 2.66. The van der Waals surface area contributed by atoms with Crippen molar-refractivity contribution < 1.29 is 19.4 Å². The molecule has 0 heterocycles. The number of carbonyl (C=O) groups excluding carboxylic acids is 1. The number of rotatable bonds is 7. The molecule has 0 aromatic heterocycles. The maximum atomic E-state index is 11.9. The smallest absolute Gasteiger partial charge is 0.335 e. The molecule has 0 aliphatic heterocycles. The van der Waals surface area contributed by atoms with Crippen molar-refractivity contribution in [2.75, 3.05) is 23.9 Å². The van der Waals surface area contributed by atoms with Crippen molar-refractivity contribution >= 4 is 29.4 Å². The Kier molecular flexibility index (Phi) is 6.87. The van der Waals surface area contributed by atoms with Crippen molar-refractivity contribution in [2.24, 2.45) is 0 Å². The average molecular weight is 312 g/mol. The maximum Gasteiger partial charge on any atom is 0.335 e. The lowest BCUT2D eigenvalue weighted by Crippen LogP contribution is -2.37. The Morgan fingerprint density at radius 1 is 1.43 bits per heavy atom. The summed E-state index contributed by atoms with van der Waals surface area (Å²) in [6.45, 7) is 3.97. The lowest BCUT2D eigenvalue weighted by molar-refractivity contribution is 0.0697. The second kappa shape index (κ2) is 8.41. The highest BCUT2D eigenvalue weighted by atomic mass is 32.2. The number of thioether (sulfide) groups is 1. The van der Waals surface area contributed by atoms with Gasteiger partial charge in [-0.05, 0) is 30.9 Å². The topological polar surface area (TPSA) is 87.7 Å². The summed E-state index contributed by atoms with van der Waals surface area (Å²) in [6, 6.07) is 3.93. The fourth-order valence-electron chi connectivity index (χ4n) is 1.66. The first-order valence-corrected chi connectivity index (χ1v) is 7.70. The fraction of sp³-hybridized carbons (Fsp3) is 0.429. The highest BCUT2D eigenvalue weighted by molar-refractivity contribution is 7.99. The summed E-state index contributed by atoms with van der Waals surface area (Å²) < 4.78 is 5.11. The third-order valence-corrected chi connectivity index (χ3v) is 3.79. The zero-order chi connectivity index (χ0) is 15.8. The molecular weight excluding hydrogens is 292 g/mol. The molecule has 0 saturated heterocycles. The molecule has 0 spiro atoms. The molecule has 6 nitrogen and oxygen atoms in total. The van der Waals surface area contributed by atoms with Crippen LogP contribution in [0.3, 0.4) is 0 Å². The van der Waals surface area contributed by atoms with E-state index < -0.39 is 5.97 Å². The van der Waals surface area contributed by atoms with E-state index in [0.29, 0.717) is 11.4 Å². The molecule has 1 unspecified atom stereocenters. The number of carboxylic acid groups (broad SMARTS) is 1. The van der Waals surface area contributed by atoms with Crippen LogP contribution in [0.1, 0.15) is 24.2 Å². The van der Waals surface area contributed by atoms with Gasteiger partial charge >= 0.3 is 12.0 Å². The Balaban J connectivity index is 2.74. The van der Waals surface area contributed by atoms with Gasteiger partial charge in [-0.25, -0.2) is 9.59 Å². The van der Waals surface area contributed by atoms with Crippen molar-refractivity contribution in [3.8, 4) is 5.75 Å². The quantitative estimate of drug-likeness (QED) is 0.720. The Morgan fingerprint density at radius 3 is 2.71 bits per heavy atom. The molecule has 0 bridgehead atoms. The number of nitrogens with one attached hydrogen (secondary N) is 2. The summed E-state index contributed by atoms with van der Waals surface area (Å²) >= 11 is 1.73. The largest absolute Gasteiger partial charge is 0.495 e. The SMILES string of the molecule is CCSCC(C)NC(=O)Nc1cc(C(=O)O)ccc1OC. The number of amides is 2. The normalized spacial score (nSPS) is 11.6. The van der Waals surface area contributed by atoms with Gasteiger partial charge in [-0.15, -0.1) is 0 Å². The van der Waals surface area contributed by atoms with Crippen LogP contribution in [0.4, 0.5) is 10.5 Å². The van der Waals surface area contributed by atoms with Crippen LogP contribution in [-0.4, -0.2) is 41.8 Å². The molecule has 7 heteroatoms. The molecule has 116 valence electrons. The third kappa shape index (κ3) is 5.55. The fourth-order valence-corrected chi connectivity index (χ4v) is 2.33. The number of carbonyl (C=O) groups is 2. The van der Waals surface area contributed by atoms with Crippen LogP contribution in [-0.2, 0) is 0 Å². The number of hydrogen-bond donors (Lipinski definition) is 3. The summed E-state index contributed by atoms with van der Waals surface area (Å²) in [6.07, 6.45) is 0. The second-order valence-electron chi connectivity index (χ2n) is 4.38. The van der Waals surface area contributed by atoms with Crippen molar-refractivity contribution in [3.63, 3.8) is 0 Å². The lowest BCUT2D eigenvalue weighted by Gasteiger charge is -2.15. The van der Waals surface area contributed by atoms with Crippen molar-refractivity contribution in [1.82, 2.24) is 5.32 Å². The number of anilines is 1. The minimum atomic E-state index is -1.06. The van der Waals surface area contributed by atoms with Crippen LogP contribution in [0, 0.1) is 0 Å². The van der Waals surface area contributed by atoms with E-state index >= 15 is 0 Å². The number of ether oxygens (including phenoxy) is 1. The van der Waals surface area contributed by atoms with Gasteiger partial charge in [-0.1, -0.05) is 6.92 Å². The molecular formula is C14H20N2O4S. The van der Waals surface area contributed by atoms with Gasteiger partial charge in [0.15, 0.2) is 0 Å². The molecule has 0 aliphatic carbocycles. The maximum absolute atomic E-state index is 11.9. The van der Waals surface area contributed by atoms with Gasteiger partial charge in [0.1, 0.15) is 5.75 Å². The van der Waals surface area contributed by atoms with Crippen LogP contribution in [0.15, 0.2) is 18.2 Å². The van der Waals surface area contributed by atoms with Gasteiger partial charge in [0.2, 0.25) is 0 Å². The molecule has 1 atom stereocenters. The van der Waals surface area contributed by atoms with Gasteiger partial charge in [0, 0.05) is 11.8 Å².